The van der Waals surface area contributed by atoms with E-state index >= 15 is 0 Å². The summed E-state index contributed by atoms with van der Waals surface area (Å²) in [7, 11) is 0. The van der Waals surface area contributed by atoms with E-state index in [4.69, 9.17) is 22.8 Å². The fraction of sp³-hybridized carbons (Fsp3) is 0.600. The van der Waals surface area contributed by atoms with E-state index in [1.54, 1.807) is 6.08 Å². The third-order valence-electron chi connectivity index (χ3n) is 3.03. The van der Waals surface area contributed by atoms with Gasteiger partial charge in [0.15, 0.2) is 0 Å². The van der Waals surface area contributed by atoms with Crippen molar-refractivity contribution in [2.24, 2.45) is 0 Å². The zero-order valence-electron chi connectivity index (χ0n) is 10.7. The smallest absolute Gasteiger partial charge is 0.0780 e. The third kappa shape index (κ3) is 5.18. The third-order valence-corrected chi connectivity index (χ3v) is 4.72. The van der Waals surface area contributed by atoms with Crippen molar-refractivity contribution in [3.63, 3.8) is 0 Å². The number of hydrogen-bond acceptors (Lipinski definition) is 1. The van der Waals surface area contributed by atoms with Crippen molar-refractivity contribution >= 4 is 27.5 Å². The average molecular weight is 332 g/mol. The molecular weight excluding hydrogens is 312 g/mol. The summed E-state index contributed by atoms with van der Waals surface area (Å²) in [5.74, 6) is 2.47. The summed E-state index contributed by atoms with van der Waals surface area (Å²) in [6.07, 6.45) is 17.0. The molecule has 0 saturated carbocycles. The van der Waals surface area contributed by atoms with Gasteiger partial charge in [-0.2, -0.15) is 0 Å². The summed E-state index contributed by atoms with van der Waals surface area (Å²) >= 11 is 10.1. The Hall–Kier alpha value is -0.230. The zero-order chi connectivity index (χ0) is 13.4. The van der Waals surface area contributed by atoms with Crippen LogP contribution >= 0.6 is 27.5 Å². The Morgan fingerprint density at radius 1 is 1.50 bits per heavy atom. The largest absolute Gasteiger partial charge is 0.372 e. The maximum absolute atomic E-state index is 6.39. The van der Waals surface area contributed by atoms with Crippen LogP contribution in [0.5, 0.6) is 0 Å². The molecule has 0 unspecified atom stereocenters. The molecule has 0 saturated heterocycles. The number of hydrogen-bond donors (Lipinski definition) is 0. The number of halogens is 2. The van der Waals surface area contributed by atoms with Crippen molar-refractivity contribution in [1.29, 1.82) is 0 Å². The highest BCUT2D eigenvalue weighted by molar-refractivity contribution is 9.09. The quantitative estimate of drug-likeness (QED) is 0.411. The van der Waals surface area contributed by atoms with Gasteiger partial charge in [0.25, 0.3) is 0 Å². The Balaban J connectivity index is 2.56. The van der Waals surface area contributed by atoms with Crippen molar-refractivity contribution < 1.29 is 4.74 Å². The van der Waals surface area contributed by atoms with Crippen molar-refractivity contribution in [2.45, 2.75) is 55.0 Å². The first-order valence-electron chi connectivity index (χ1n) is 6.38. The van der Waals surface area contributed by atoms with E-state index < -0.39 is 0 Å². The molecule has 1 rings (SSSR count). The Morgan fingerprint density at radius 2 is 2.17 bits per heavy atom. The van der Waals surface area contributed by atoms with Gasteiger partial charge in [0, 0.05) is 4.83 Å². The summed E-state index contributed by atoms with van der Waals surface area (Å²) in [4.78, 5) is 0.382. The highest BCUT2D eigenvalue weighted by Crippen LogP contribution is 2.26. The lowest BCUT2D eigenvalue weighted by Gasteiger charge is -2.27. The van der Waals surface area contributed by atoms with E-state index in [1.165, 1.54) is 0 Å². The minimum Gasteiger partial charge on any atom is -0.372 e. The molecule has 18 heavy (non-hydrogen) atoms. The molecule has 0 radical (unpaired) electrons. The minimum absolute atomic E-state index is 0.0311. The molecule has 0 fully saturated rings. The second-order valence-electron chi connectivity index (χ2n) is 4.40. The highest BCUT2D eigenvalue weighted by Gasteiger charge is 2.27. The van der Waals surface area contributed by atoms with Crippen molar-refractivity contribution in [3.8, 4) is 12.3 Å². The second-order valence-corrected chi connectivity index (χ2v) is 6.14. The summed E-state index contributed by atoms with van der Waals surface area (Å²) in [5.41, 5.74) is 0. The van der Waals surface area contributed by atoms with Crippen molar-refractivity contribution in [2.75, 3.05) is 0 Å². The maximum Gasteiger partial charge on any atom is 0.0780 e. The van der Waals surface area contributed by atoms with Gasteiger partial charge in [-0.05, 0) is 31.8 Å². The van der Waals surface area contributed by atoms with Gasteiger partial charge in [-0.3, -0.25) is 0 Å². The molecule has 3 heteroatoms. The van der Waals surface area contributed by atoms with Crippen LogP contribution in [0.1, 0.15) is 32.6 Å². The SMILES string of the molecule is C#C/C=C/C[C@H](Cl)[C@H]1CC=CC[C@@H]([C@H](Br)CC)O1. The van der Waals surface area contributed by atoms with Crippen LogP contribution < -0.4 is 0 Å². The van der Waals surface area contributed by atoms with E-state index in [1.807, 2.05) is 6.08 Å². The first kappa shape index (κ1) is 15.8. The molecular formula is C15H20BrClO. The average Bonchev–Trinajstić information content (AvgIpc) is 2.63. The molecule has 0 aliphatic carbocycles. The minimum atomic E-state index is -0.0311. The molecule has 0 bridgehead atoms. The number of rotatable bonds is 5. The molecule has 1 aliphatic heterocycles. The Kier molecular flexibility index (Phi) is 7.74. The molecule has 4 atom stereocenters. The monoisotopic (exact) mass is 330 g/mol. The lowest BCUT2D eigenvalue weighted by Crippen LogP contribution is -2.32. The highest BCUT2D eigenvalue weighted by atomic mass is 79.9. The standard InChI is InChI=1S/C15H20BrClO/c1-3-5-6-9-13(17)15-11-8-7-10-14(18-15)12(16)4-2/h1,5-8,12-15H,4,9-11H2,2H3/b6-5+/t12-,13+,14+,15-/m1/s1. The van der Waals surface area contributed by atoms with Crippen LogP contribution in [-0.4, -0.2) is 22.4 Å². The number of alkyl halides is 2. The Bertz CT molecular complexity index is 332. The van der Waals surface area contributed by atoms with Crippen LogP contribution in [0.4, 0.5) is 0 Å². The van der Waals surface area contributed by atoms with Gasteiger partial charge in [-0.25, -0.2) is 0 Å². The summed E-state index contributed by atoms with van der Waals surface area (Å²) in [5, 5.41) is -0.0311. The summed E-state index contributed by atoms with van der Waals surface area (Å²) in [6, 6.07) is 0. The maximum atomic E-state index is 6.39. The van der Waals surface area contributed by atoms with Crippen molar-refractivity contribution in [3.05, 3.63) is 24.3 Å². The molecule has 1 nitrogen and oxygen atoms in total. The lowest BCUT2D eigenvalue weighted by molar-refractivity contribution is -0.00662. The number of ether oxygens (including phenoxy) is 1. The predicted octanol–water partition coefficient (Wildman–Crippen LogP) is 4.45. The fourth-order valence-electron chi connectivity index (χ4n) is 1.94. The molecule has 0 N–H and O–H groups in total. The summed E-state index contributed by atoms with van der Waals surface area (Å²) < 4.78 is 6.13. The normalized spacial score (nSPS) is 27.7. The van der Waals surface area contributed by atoms with Crippen LogP contribution in [-0.2, 0) is 4.74 Å². The van der Waals surface area contributed by atoms with Crippen LogP contribution in [0.15, 0.2) is 24.3 Å². The van der Waals surface area contributed by atoms with E-state index in [9.17, 15) is 0 Å². The molecule has 0 aromatic rings. The number of terminal acetylenes is 1. The molecule has 0 amide bonds. The molecule has 0 spiro atoms. The first-order valence-corrected chi connectivity index (χ1v) is 7.74. The lowest BCUT2D eigenvalue weighted by atomic mass is 10.1. The molecule has 0 aromatic heterocycles. The molecule has 100 valence electrons. The Morgan fingerprint density at radius 3 is 2.78 bits per heavy atom. The predicted molar refractivity (Wildman–Crippen MR) is 82.3 cm³/mol. The van der Waals surface area contributed by atoms with Gasteiger partial charge in [0.2, 0.25) is 0 Å². The van der Waals surface area contributed by atoms with Crippen LogP contribution in [0.25, 0.3) is 0 Å². The van der Waals surface area contributed by atoms with Crippen LogP contribution in [0.2, 0.25) is 0 Å². The van der Waals surface area contributed by atoms with Gasteiger partial charge >= 0.3 is 0 Å². The van der Waals surface area contributed by atoms with E-state index in [-0.39, 0.29) is 17.6 Å². The Labute approximate surface area is 124 Å². The fourth-order valence-corrected chi connectivity index (χ4v) is 2.55. The van der Waals surface area contributed by atoms with Crippen molar-refractivity contribution in [1.82, 2.24) is 0 Å². The zero-order valence-corrected chi connectivity index (χ0v) is 13.0. The molecule has 0 aromatic carbocycles. The first-order chi connectivity index (χ1) is 8.69. The molecule has 1 aliphatic rings. The van der Waals surface area contributed by atoms with Gasteiger partial charge in [0.05, 0.1) is 17.6 Å². The summed E-state index contributed by atoms with van der Waals surface area (Å²) in [6.45, 7) is 2.15. The molecule has 1 heterocycles. The topological polar surface area (TPSA) is 9.23 Å². The van der Waals surface area contributed by atoms with Crippen LogP contribution in [0, 0.1) is 12.3 Å². The van der Waals surface area contributed by atoms with Gasteiger partial charge in [-0.15, -0.1) is 18.0 Å². The van der Waals surface area contributed by atoms with Gasteiger partial charge in [0.1, 0.15) is 0 Å². The second kappa shape index (κ2) is 8.80. The van der Waals surface area contributed by atoms with E-state index in [0.29, 0.717) is 4.83 Å². The van der Waals surface area contributed by atoms with E-state index in [2.05, 4.69) is 40.9 Å². The van der Waals surface area contributed by atoms with Crippen LogP contribution in [0.3, 0.4) is 0 Å². The van der Waals surface area contributed by atoms with E-state index in [0.717, 1.165) is 25.7 Å². The number of allylic oxidation sites excluding steroid dienone is 2. The van der Waals surface area contributed by atoms with Gasteiger partial charge in [-0.1, -0.05) is 47.0 Å². The van der Waals surface area contributed by atoms with Gasteiger partial charge < -0.3 is 4.74 Å².